The van der Waals surface area contributed by atoms with Gasteiger partial charge in [-0.1, -0.05) is 188 Å². The Kier molecular flexibility index (Phi) is 9.18. The quantitative estimate of drug-likeness (QED) is 0.144. The first-order valence-corrected chi connectivity index (χ1v) is 20.7. The van der Waals surface area contributed by atoms with Gasteiger partial charge in [0.25, 0.3) is 0 Å². The van der Waals surface area contributed by atoms with E-state index >= 15 is 0 Å². The summed E-state index contributed by atoms with van der Waals surface area (Å²) in [6, 6.07) is 84.0. The largest absolute Gasteiger partial charge is 0.310 e. The maximum absolute atomic E-state index is 5.48. The number of hydrogen-bond acceptors (Lipinski definition) is 3. The summed E-state index contributed by atoms with van der Waals surface area (Å²) in [7, 11) is 0. The van der Waals surface area contributed by atoms with Crippen LogP contribution >= 0.6 is 0 Å². The van der Waals surface area contributed by atoms with Gasteiger partial charge in [0, 0.05) is 33.6 Å². The molecule has 0 aliphatic rings. The lowest BCUT2D eigenvalue weighted by atomic mass is 9.95. The van der Waals surface area contributed by atoms with E-state index in [4.69, 9.17) is 9.97 Å². The van der Waals surface area contributed by atoms with Gasteiger partial charge in [0.1, 0.15) is 0 Å². The van der Waals surface area contributed by atoms with E-state index in [1.807, 2.05) is 12.1 Å². The first-order chi connectivity index (χ1) is 30.2. The Morgan fingerprint density at radius 2 is 0.705 bits per heavy atom. The van der Waals surface area contributed by atoms with Crippen LogP contribution in [0.15, 0.2) is 237 Å². The molecule has 0 unspecified atom stereocenters. The molecule has 0 aliphatic heterocycles. The second-order valence-corrected chi connectivity index (χ2v) is 15.4. The minimum absolute atomic E-state index is 0.875. The highest BCUT2D eigenvalue weighted by Crippen LogP contribution is 2.40. The van der Waals surface area contributed by atoms with Crippen LogP contribution in [-0.4, -0.2) is 9.97 Å². The molecule has 0 saturated carbocycles. The van der Waals surface area contributed by atoms with Crippen molar-refractivity contribution < 1.29 is 0 Å². The van der Waals surface area contributed by atoms with Gasteiger partial charge >= 0.3 is 0 Å². The van der Waals surface area contributed by atoms with E-state index in [9.17, 15) is 0 Å². The second kappa shape index (κ2) is 15.6. The van der Waals surface area contributed by atoms with Crippen LogP contribution in [-0.2, 0) is 0 Å². The van der Waals surface area contributed by atoms with E-state index in [-0.39, 0.29) is 0 Å². The standard InChI is InChI=1S/C58H39N3/c1-5-14-40(15-6-1)41-24-26-42(27-25-41)43-32-35-51(36-33-43)61(50-21-11-4-12-22-50)52-23-13-20-48(38-52)49-31-29-44-28-30-45-34-37-54-58(55(45)53(44)39-49)60-57(47-18-9-3-10-19-47)56(59-54)46-16-7-2-8-17-46/h1-39H. The van der Waals surface area contributed by atoms with Crippen LogP contribution in [0.4, 0.5) is 17.1 Å². The third kappa shape index (κ3) is 6.88. The van der Waals surface area contributed by atoms with Crippen molar-refractivity contribution in [3.63, 3.8) is 0 Å². The molecule has 286 valence electrons. The van der Waals surface area contributed by atoms with Gasteiger partial charge in [-0.2, -0.15) is 0 Å². The number of hydrogen-bond donors (Lipinski definition) is 0. The summed E-state index contributed by atoms with van der Waals surface area (Å²) in [5.74, 6) is 0. The maximum Gasteiger partial charge on any atom is 0.0979 e. The zero-order valence-corrected chi connectivity index (χ0v) is 33.4. The highest BCUT2D eigenvalue weighted by Gasteiger charge is 2.18. The fourth-order valence-corrected chi connectivity index (χ4v) is 8.57. The van der Waals surface area contributed by atoms with Crippen molar-refractivity contribution in [1.82, 2.24) is 9.97 Å². The topological polar surface area (TPSA) is 29.0 Å². The van der Waals surface area contributed by atoms with Gasteiger partial charge in [-0.25, -0.2) is 9.97 Å². The number of benzene rings is 10. The molecular formula is C58H39N3. The number of aromatic nitrogens is 2. The molecule has 0 bridgehead atoms. The van der Waals surface area contributed by atoms with Crippen molar-refractivity contribution >= 4 is 49.6 Å². The van der Waals surface area contributed by atoms with Crippen molar-refractivity contribution in [1.29, 1.82) is 0 Å². The third-order valence-corrected chi connectivity index (χ3v) is 11.6. The van der Waals surface area contributed by atoms with Crippen molar-refractivity contribution in [2.45, 2.75) is 0 Å². The number of rotatable bonds is 8. The molecule has 3 heteroatoms. The molecule has 0 aliphatic carbocycles. The minimum Gasteiger partial charge on any atom is -0.310 e. The zero-order chi connectivity index (χ0) is 40.5. The van der Waals surface area contributed by atoms with Gasteiger partial charge in [0.05, 0.1) is 22.4 Å². The van der Waals surface area contributed by atoms with Gasteiger partial charge < -0.3 is 4.90 Å². The molecule has 1 aromatic heterocycles. The summed E-state index contributed by atoms with van der Waals surface area (Å²) in [5, 5.41) is 4.56. The lowest BCUT2D eigenvalue weighted by Gasteiger charge is -2.26. The molecule has 3 nitrogen and oxygen atoms in total. The number of fused-ring (bicyclic) bond motifs is 5. The Morgan fingerprint density at radius 1 is 0.279 bits per heavy atom. The Balaban J connectivity index is 1.00. The van der Waals surface area contributed by atoms with E-state index in [2.05, 4.69) is 229 Å². The molecule has 0 radical (unpaired) electrons. The van der Waals surface area contributed by atoms with Crippen molar-refractivity contribution in [2.75, 3.05) is 4.90 Å². The number of anilines is 3. The molecule has 10 aromatic carbocycles. The molecule has 0 fully saturated rings. The maximum atomic E-state index is 5.48. The normalized spacial score (nSPS) is 11.3. The van der Waals surface area contributed by atoms with Crippen molar-refractivity contribution in [2.24, 2.45) is 0 Å². The lowest BCUT2D eigenvalue weighted by molar-refractivity contribution is 1.28. The fraction of sp³-hybridized carbons (Fsp3) is 0. The summed E-state index contributed by atoms with van der Waals surface area (Å²) in [6.07, 6.45) is 0. The third-order valence-electron chi connectivity index (χ3n) is 11.6. The van der Waals surface area contributed by atoms with Crippen LogP contribution in [0.25, 0.3) is 88.5 Å². The number of nitrogens with zero attached hydrogens (tertiary/aromatic N) is 3. The molecule has 11 aromatic rings. The summed E-state index contributed by atoms with van der Waals surface area (Å²) < 4.78 is 0. The Labute approximate surface area is 355 Å². The molecule has 61 heavy (non-hydrogen) atoms. The summed E-state index contributed by atoms with van der Waals surface area (Å²) in [4.78, 5) is 13.1. The van der Waals surface area contributed by atoms with Crippen LogP contribution in [0.5, 0.6) is 0 Å². The Morgan fingerprint density at radius 3 is 1.34 bits per heavy atom. The van der Waals surface area contributed by atoms with E-state index in [0.717, 1.165) is 83.3 Å². The van der Waals surface area contributed by atoms with Crippen LogP contribution in [0.1, 0.15) is 0 Å². The molecule has 0 saturated heterocycles. The van der Waals surface area contributed by atoms with Crippen LogP contribution in [0, 0.1) is 0 Å². The van der Waals surface area contributed by atoms with Crippen LogP contribution < -0.4 is 4.90 Å². The van der Waals surface area contributed by atoms with E-state index in [1.165, 1.54) is 22.3 Å². The second-order valence-electron chi connectivity index (χ2n) is 15.4. The smallest absolute Gasteiger partial charge is 0.0979 e. The molecule has 1 heterocycles. The fourth-order valence-electron chi connectivity index (χ4n) is 8.57. The molecule has 11 rings (SSSR count). The predicted octanol–water partition coefficient (Wildman–Crippen LogP) is 15.7. The number of para-hydroxylation sites is 1. The summed E-state index contributed by atoms with van der Waals surface area (Å²) in [5.41, 5.74) is 16.0. The van der Waals surface area contributed by atoms with E-state index < -0.39 is 0 Å². The van der Waals surface area contributed by atoms with Gasteiger partial charge in [-0.05, 0) is 98.1 Å². The highest BCUT2D eigenvalue weighted by atomic mass is 15.1. The zero-order valence-electron chi connectivity index (χ0n) is 33.4. The van der Waals surface area contributed by atoms with Crippen molar-refractivity contribution in [3.05, 3.63) is 237 Å². The first kappa shape index (κ1) is 36.0. The Hall–Kier alpha value is -8.14. The molecule has 0 amide bonds. The van der Waals surface area contributed by atoms with Crippen molar-refractivity contribution in [3.8, 4) is 55.9 Å². The Bertz CT molecular complexity index is 3310. The molecule has 0 atom stereocenters. The van der Waals surface area contributed by atoms with Gasteiger partial charge in [0.15, 0.2) is 0 Å². The van der Waals surface area contributed by atoms with Gasteiger partial charge in [0.2, 0.25) is 0 Å². The first-order valence-electron chi connectivity index (χ1n) is 20.7. The van der Waals surface area contributed by atoms with Gasteiger partial charge in [-0.15, -0.1) is 0 Å². The average Bonchev–Trinajstić information content (AvgIpc) is 3.35. The SMILES string of the molecule is c1ccc(-c2ccc(-c3ccc(N(c4ccccc4)c4cccc(-c5ccc6ccc7ccc8nc(-c9ccccc9)c(-c9ccccc9)nc8c7c6c5)c4)cc3)cc2)cc1. The monoisotopic (exact) mass is 777 g/mol. The minimum atomic E-state index is 0.875. The molecule has 0 spiro atoms. The predicted molar refractivity (Wildman–Crippen MR) is 256 cm³/mol. The highest BCUT2D eigenvalue weighted by molar-refractivity contribution is 6.19. The van der Waals surface area contributed by atoms with Gasteiger partial charge in [-0.3, -0.25) is 0 Å². The molecular weight excluding hydrogens is 739 g/mol. The molecule has 0 N–H and O–H groups in total. The summed E-state index contributed by atoms with van der Waals surface area (Å²) in [6.45, 7) is 0. The summed E-state index contributed by atoms with van der Waals surface area (Å²) >= 11 is 0. The van der Waals surface area contributed by atoms with Crippen LogP contribution in [0.3, 0.4) is 0 Å². The van der Waals surface area contributed by atoms with E-state index in [0.29, 0.717) is 0 Å². The van der Waals surface area contributed by atoms with Crippen LogP contribution in [0.2, 0.25) is 0 Å². The lowest BCUT2D eigenvalue weighted by Crippen LogP contribution is -2.09. The average molecular weight is 778 g/mol. The van der Waals surface area contributed by atoms with E-state index in [1.54, 1.807) is 0 Å².